The number of imide groups is 1. The Labute approximate surface area is 174 Å². The summed E-state index contributed by atoms with van der Waals surface area (Å²) in [6.07, 6.45) is 5.45. The number of amides is 2. The van der Waals surface area contributed by atoms with Gasteiger partial charge in [-0.1, -0.05) is 35.9 Å². The molecule has 0 N–H and O–H groups in total. The van der Waals surface area contributed by atoms with Crippen molar-refractivity contribution in [3.63, 3.8) is 0 Å². The number of ether oxygens (including phenoxy) is 1. The average molecular weight is 399 g/mol. The summed E-state index contributed by atoms with van der Waals surface area (Å²) < 4.78 is 5.45. The van der Waals surface area contributed by atoms with Crippen LogP contribution < -0.4 is 9.64 Å². The first-order valence-electron chi connectivity index (χ1n) is 10.5. The maximum absolute atomic E-state index is 13.3. The van der Waals surface area contributed by atoms with Crippen molar-refractivity contribution in [2.24, 2.45) is 35.5 Å². The Bertz CT molecular complexity index is 1080. The van der Waals surface area contributed by atoms with Crippen LogP contribution >= 0.6 is 0 Å². The van der Waals surface area contributed by atoms with E-state index in [2.05, 4.69) is 12.2 Å². The van der Waals surface area contributed by atoms with Crippen LogP contribution in [0.15, 0.2) is 60.7 Å². The molecule has 2 aromatic carbocycles. The molecule has 5 nitrogen and oxygen atoms in total. The number of rotatable bonds is 3. The molecule has 2 amide bonds. The third-order valence-corrected chi connectivity index (χ3v) is 7.23. The Morgan fingerprint density at radius 3 is 2.20 bits per heavy atom. The van der Waals surface area contributed by atoms with Crippen LogP contribution in [0.4, 0.5) is 5.69 Å². The van der Waals surface area contributed by atoms with Crippen LogP contribution in [-0.2, 0) is 9.59 Å². The predicted octanol–water partition coefficient (Wildman–Crippen LogP) is 3.77. The quantitative estimate of drug-likeness (QED) is 0.341. The lowest BCUT2D eigenvalue weighted by Gasteiger charge is -2.37. The molecule has 0 radical (unpaired) electrons. The molecule has 3 fully saturated rings. The van der Waals surface area contributed by atoms with Crippen LogP contribution in [0.3, 0.4) is 0 Å². The Kier molecular flexibility index (Phi) is 3.61. The number of hydrogen-bond acceptors (Lipinski definition) is 4. The lowest BCUT2D eigenvalue weighted by atomic mass is 9.63. The van der Waals surface area contributed by atoms with Gasteiger partial charge in [0.1, 0.15) is 5.75 Å². The highest BCUT2D eigenvalue weighted by Gasteiger charge is 2.67. The number of carbonyl (C=O) groups is 3. The second-order valence-electron chi connectivity index (χ2n) is 8.92. The minimum atomic E-state index is -0.514. The fraction of sp³-hybridized carbons (Fsp3) is 0.320. The van der Waals surface area contributed by atoms with Gasteiger partial charge >= 0.3 is 5.97 Å². The number of benzene rings is 2. The molecular weight excluding hydrogens is 378 g/mol. The van der Waals surface area contributed by atoms with E-state index in [1.165, 1.54) is 4.90 Å². The molecule has 2 saturated carbocycles. The standard InChI is InChI=1S/C25H21NO4/c1-13-5-7-16(8-6-13)30-25(29)14-3-2-4-15(11-14)26-23(27)21-17-9-10-18(20-12-19(17)20)22(21)24(26)28/h2-11,17-22H,12H2,1H3/t17-,18-,19-,20-,21-,22+/m1/s1. The van der Waals surface area contributed by atoms with Crippen molar-refractivity contribution >= 4 is 23.5 Å². The highest BCUT2D eigenvalue weighted by molar-refractivity contribution is 6.23. The molecule has 5 heteroatoms. The molecule has 6 atom stereocenters. The minimum absolute atomic E-state index is 0.126. The first-order valence-corrected chi connectivity index (χ1v) is 10.5. The first kappa shape index (κ1) is 17.6. The fourth-order valence-corrected chi connectivity index (χ4v) is 5.76. The summed E-state index contributed by atoms with van der Waals surface area (Å²) in [5.74, 6) is 0.679. The molecule has 150 valence electrons. The van der Waals surface area contributed by atoms with Gasteiger partial charge in [-0.15, -0.1) is 0 Å². The van der Waals surface area contributed by atoms with E-state index in [0.717, 1.165) is 12.0 Å². The number of esters is 1. The van der Waals surface area contributed by atoms with Crippen LogP contribution in [0.5, 0.6) is 5.75 Å². The molecule has 2 aromatic rings. The molecule has 1 aliphatic heterocycles. The summed E-state index contributed by atoms with van der Waals surface area (Å²) in [6, 6.07) is 13.8. The van der Waals surface area contributed by atoms with E-state index in [4.69, 9.17) is 4.74 Å². The van der Waals surface area contributed by atoms with E-state index < -0.39 is 5.97 Å². The predicted molar refractivity (Wildman–Crippen MR) is 110 cm³/mol. The molecule has 0 unspecified atom stereocenters. The van der Waals surface area contributed by atoms with E-state index in [9.17, 15) is 14.4 Å². The molecule has 0 spiro atoms. The monoisotopic (exact) mass is 399 g/mol. The molecule has 30 heavy (non-hydrogen) atoms. The summed E-state index contributed by atoms with van der Waals surface area (Å²) in [7, 11) is 0. The van der Waals surface area contributed by atoms with Crippen LogP contribution in [0, 0.1) is 42.4 Å². The zero-order valence-corrected chi connectivity index (χ0v) is 16.5. The third-order valence-electron chi connectivity index (χ3n) is 7.23. The molecule has 4 aliphatic carbocycles. The van der Waals surface area contributed by atoms with Gasteiger partial charge in [0.2, 0.25) is 11.8 Å². The summed E-state index contributed by atoms with van der Waals surface area (Å²) in [5, 5.41) is 0. The number of carbonyl (C=O) groups excluding carboxylic acids is 3. The number of hydrogen-bond donors (Lipinski definition) is 0. The van der Waals surface area contributed by atoms with Gasteiger partial charge in [-0.2, -0.15) is 0 Å². The maximum Gasteiger partial charge on any atom is 0.343 e. The van der Waals surface area contributed by atoms with E-state index >= 15 is 0 Å². The smallest absolute Gasteiger partial charge is 0.343 e. The Morgan fingerprint density at radius 1 is 0.933 bits per heavy atom. The Hall–Kier alpha value is -3.21. The fourth-order valence-electron chi connectivity index (χ4n) is 5.76. The number of allylic oxidation sites excluding steroid dienone is 2. The molecule has 0 aromatic heterocycles. The van der Waals surface area contributed by atoms with E-state index in [0.29, 0.717) is 28.8 Å². The van der Waals surface area contributed by atoms with E-state index in [1.54, 1.807) is 36.4 Å². The van der Waals surface area contributed by atoms with Gasteiger partial charge in [0.05, 0.1) is 23.1 Å². The normalized spacial score (nSPS) is 32.8. The largest absolute Gasteiger partial charge is 0.423 e. The number of nitrogens with zero attached hydrogens (tertiary/aromatic N) is 1. The van der Waals surface area contributed by atoms with Gasteiger partial charge in [-0.25, -0.2) is 9.69 Å². The van der Waals surface area contributed by atoms with Gasteiger partial charge in [-0.05, 0) is 67.3 Å². The van der Waals surface area contributed by atoms with Crippen molar-refractivity contribution in [2.45, 2.75) is 13.3 Å². The molecule has 5 aliphatic rings. The number of anilines is 1. The topological polar surface area (TPSA) is 63.7 Å². The molecule has 1 saturated heterocycles. The van der Waals surface area contributed by atoms with Crippen molar-refractivity contribution in [1.29, 1.82) is 0 Å². The van der Waals surface area contributed by atoms with Crippen LogP contribution in [0.1, 0.15) is 22.3 Å². The van der Waals surface area contributed by atoms with Crippen molar-refractivity contribution < 1.29 is 19.1 Å². The molecule has 1 heterocycles. The minimum Gasteiger partial charge on any atom is -0.423 e. The first-order chi connectivity index (χ1) is 14.5. The van der Waals surface area contributed by atoms with Gasteiger partial charge in [-0.3, -0.25) is 9.59 Å². The molecule has 2 bridgehead atoms. The van der Waals surface area contributed by atoms with Crippen molar-refractivity contribution in [1.82, 2.24) is 0 Å². The second kappa shape index (κ2) is 6.14. The summed E-state index contributed by atoms with van der Waals surface area (Å²) >= 11 is 0. The SMILES string of the molecule is Cc1ccc(OC(=O)c2cccc(N3C(=O)[C@@H]4[C@@H]5C=C[C@H]([C@H]6C[C@H]56)[C@@H]4C3=O)c2)cc1. The van der Waals surface area contributed by atoms with E-state index in [-0.39, 0.29) is 35.5 Å². The van der Waals surface area contributed by atoms with Crippen LogP contribution in [0.25, 0.3) is 0 Å². The van der Waals surface area contributed by atoms with Crippen molar-refractivity contribution in [2.75, 3.05) is 4.90 Å². The second-order valence-corrected chi connectivity index (χ2v) is 8.92. The van der Waals surface area contributed by atoms with Crippen LogP contribution in [-0.4, -0.2) is 17.8 Å². The highest BCUT2D eigenvalue weighted by Crippen LogP contribution is 2.65. The zero-order chi connectivity index (χ0) is 20.6. The Balaban J connectivity index is 1.28. The maximum atomic E-state index is 13.3. The summed E-state index contributed by atoms with van der Waals surface area (Å²) in [4.78, 5) is 40.5. The van der Waals surface area contributed by atoms with Gasteiger partial charge in [0.25, 0.3) is 0 Å². The van der Waals surface area contributed by atoms with Crippen molar-refractivity contribution in [3.8, 4) is 5.75 Å². The lowest BCUT2D eigenvalue weighted by molar-refractivity contribution is -0.124. The van der Waals surface area contributed by atoms with Gasteiger partial charge < -0.3 is 4.74 Å². The van der Waals surface area contributed by atoms with Gasteiger partial charge in [0.15, 0.2) is 0 Å². The summed E-state index contributed by atoms with van der Waals surface area (Å²) in [6.45, 7) is 1.96. The summed E-state index contributed by atoms with van der Waals surface area (Å²) in [5.41, 5.74) is 1.84. The molecule has 7 rings (SSSR count). The Morgan fingerprint density at radius 2 is 1.57 bits per heavy atom. The van der Waals surface area contributed by atoms with Gasteiger partial charge in [0, 0.05) is 0 Å². The third kappa shape index (κ3) is 2.44. The zero-order valence-electron chi connectivity index (χ0n) is 16.5. The van der Waals surface area contributed by atoms with E-state index in [1.807, 2.05) is 19.1 Å². The lowest BCUT2D eigenvalue weighted by Crippen LogP contribution is -2.40. The molecular formula is C25H21NO4. The van der Waals surface area contributed by atoms with Crippen LogP contribution in [0.2, 0.25) is 0 Å². The highest BCUT2D eigenvalue weighted by atomic mass is 16.5. The number of aryl methyl sites for hydroxylation is 1. The van der Waals surface area contributed by atoms with Crippen molar-refractivity contribution in [3.05, 3.63) is 71.8 Å². The average Bonchev–Trinajstić information content (AvgIpc) is 3.53.